The number of carbonyl (C=O) groups is 1. The van der Waals surface area contributed by atoms with Gasteiger partial charge in [0.2, 0.25) is 5.91 Å². The molecule has 0 aliphatic carbocycles. The number of para-hydroxylation sites is 1. The van der Waals surface area contributed by atoms with E-state index in [-0.39, 0.29) is 29.2 Å². The lowest BCUT2D eigenvalue weighted by Gasteiger charge is -2.28. The Hall–Kier alpha value is -2.29. The van der Waals surface area contributed by atoms with Gasteiger partial charge in [0.25, 0.3) is 0 Å². The topological polar surface area (TPSA) is 72.3 Å². The number of imidazole rings is 1. The molecular weight excluding hydrogens is 442 g/mol. The summed E-state index contributed by atoms with van der Waals surface area (Å²) < 4.78 is 25.9. The zero-order valence-electron chi connectivity index (χ0n) is 16.0. The molecule has 0 bridgehead atoms. The van der Waals surface area contributed by atoms with Gasteiger partial charge in [0.15, 0.2) is 15.0 Å². The molecule has 2 aromatic carbocycles. The highest BCUT2D eigenvalue weighted by molar-refractivity contribution is 7.99. The van der Waals surface area contributed by atoms with Crippen molar-refractivity contribution in [1.29, 1.82) is 0 Å². The third-order valence-corrected chi connectivity index (χ3v) is 7.83. The summed E-state index contributed by atoms with van der Waals surface area (Å²) in [5.74, 6) is 0.105. The number of carbonyl (C=O) groups excluding carboxylic acids is 1. The molecule has 3 aromatic rings. The van der Waals surface area contributed by atoms with E-state index in [2.05, 4.69) is 4.98 Å². The molecule has 0 spiro atoms. The Labute approximate surface area is 184 Å². The highest BCUT2D eigenvalue weighted by atomic mass is 35.5. The van der Waals surface area contributed by atoms with Crippen LogP contribution in [0, 0.1) is 0 Å². The minimum absolute atomic E-state index is 0.00452. The lowest BCUT2D eigenvalue weighted by atomic mass is 10.2. The van der Waals surface area contributed by atoms with E-state index in [1.54, 1.807) is 17.2 Å². The fourth-order valence-corrected chi connectivity index (χ4v) is 6.26. The molecular formula is C21H20ClN3O3S2. The molecule has 30 heavy (non-hydrogen) atoms. The van der Waals surface area contributed by atoms with Crippen LogP contribution in [0.5, 0.6) is 0 Å². The van der Waals surface area contributed by atoms with Gasteiger partial charge in [-0.2, -0.15) is 0 Å². The molecule has 9 heteroatoms. The number of aromatic nitrogens is 2. The van der Waals surface area contributed by atoms with Crippen LogP contribution in [-0.4, -0.2) is 47.2 Å². The van der Waals surface area contributed by atoms with Crippen LogP contribution < -0.4 is 4.90 Å². The number of benzene rings is 2. The van der Waals surface area contributed by atoms with Crippen LogP contribution in [-0.2, 0) is 14.6 Å². The van der Waals surface area contributed by atoms with Crippen LogP contribution in [0.25, 0.3) is 5.69 Å². The van der Waals surface area contributed by atoms with Gasteiger partial charge in [0, 0.05) is 28.8 Å². The predicted octanol–water partition coefficient (Wildman–Crippen LogP) is 3.84. The Morgan fingerprint density at radius 3 is 2.70 bits per heavy atom. The molecule has 1 atom stereocenters. The van der Waals surface area contributed by atoms with Crippen LogP contribution >= 0.6 is 23.4 Å². The van der Waals surface area contributed by atoms with Gasteiger partial charge in [-0.15, -0.1) is 0 Å². The number of nitrogens with zero attached hydrogens (tertiary/aromatic N) is 3. The van der Waals surface area contributed by atoms with Crippen LogP contribution in [0.2, 0.25) is 5.02 Å². The van der Waals surface area contributed by atoms with Crippen LogP contribution in [0.4, 0.5) is 5.69 Å². The van der Waals surface area contributed by atoms with E-state index >= 15 is 0 Å². The summed E-state index contributed by atoms with van der Waals surface area (Å²) in [5.41, 5.74) is 1.57. The second-order valence-corrected chi connectivity index (χ2v) is 10.6. The van der Waals surface area contributed by atoms with Crippen molar-refractivity contribution in [3.8, 4) is 5.69 Å². The molecule has 156 valence electrons. The van der Waals surface area contributed by atoms with Crippen molar-refractivity contribution in [2.45, 2.75) is 17.6 Å². The summed E-state index contributed by atoms with van der Waals surface area (Å²) in [5, 5.41) is 1.28. The Balaban J connectivity index is 1.54. The molecule has 0 N–H and O–H groups in total. The fraction of sp³-hybridized carbons (Fsp3) is 0.238. The van der Waals surface area contributed by atoms with Gasteiger partial charge < -0.3 is 4.90 Å². The number of amides is 1. The normalized spacial score (nSPS) is 17.7. The SMILES string of the molecule is O=C(CSc1nccn1-c1cccc(Cl)c1)N(c1ccccc1)C1CCS(=O)(=O)C1. The average molecular weight is 462 g/mol. The van der Waals surface area contributed by atoms with Crippen molar-refractivity contribution < 1.29 is 13.2 Å². The first kappa shape index (κ1) is 21.0. The van der Waals surface area contributed by atoms with Gasteiger partial charge in [-0.1, -0.05) is 47.6 Å². The Morgan fingerprint density at radius 2 is 2.00 bits per heavy atom. The highest BCUT2D eigenvalue weighted by Crippen LogP contribution is 2.27. The maximum atomic E-state index is 13.2. The molecule has 1 aliphatic heterocycles. The van der Waals surface area contributed by atoms with Gasteiger partial charge in [-0.05, 0) is 36.8 Å². The molecule has 1 aliphatic rings. The third kappa shape index (κ3) is 4.71. The van der Waals surface area contributed by atoms with E-state index in [9.17, 15) is 13.2 Å². The molecule has 1 aromatic heterocycles. The van der Waals surface area contributed by atoms with Gasteiger partial charge in [0.1, 0.15) is 0 Å². The highest BCUT2D eigenvalue weighted by Gasteiger charge is 2.35. The number of rotatable bonds is 6. The Kier molecular flexibility index (Phi) is 6.17. The maximum absolute atomic E-state index is 13.2. The maximum Gasteiger partial charge on any atom is 0.237 e. The van der Waals surface area contributed by atoms with Crippen molar-refractivity contribution in [2.24, 2.45) is 0 Å². The molecule has 0 radical (unpaired) electrons. The largest absolute Gasteiger partial charge is 0.308 e. The van der Waals surface area contributed by atoms with Crippen molar-refractivity contribution >= 4 is 44.8 Å². The van der Waals surface area contributed by atoms with Gasteiger partial charge in [-0.3, -0.25) is 9.36 Å². The zero-order chi connectivity index (χ0) is 21.1. The summed E-state index contributed by atoms with van der Waals surface area (Å²) in [6, 6.07) is 16.3. The molecule has 2 heterocycles. The third-order valence-electron chi connectivity index (χ3n) is 4.89. The first-order valence-corrected chi connectivity index (χ1v) is 12.6. The van der Waals surface area contributed by atoms with E-state index in [0.717, 1.165) is 5.69 Å². The van der Waals surface area contributed by atoms with E-state index in [1.165, 1.54) is 11.8 Å². The van der Waals surface area contributed by atoms with Gasteiger partial charge in [-0.25, -0.2) is 13.4 Å². The molecule has 1 saturated heterocycles. The number of thioether (sulfide) groups is 1. The van der Waals surface area contributed by atoms with E-state index in [1.807, 2.05) is 59.3 Å². The average Bonchev–Trinajstić information content (AvgIpc) is 3.33. The molecule has 1 fully saturated rings. The second kappa shape index (κ2) is 8.83. The molecule has 4 rings (SSSR count). The molecule has 0 saturated carbocycles. The van der Waals surface area contributed by atoms with Crippen LogP contribution in [0.3, 0.4) is 0 Å². The Bertz CT molecular complexity index is 1150. The van der Waals surface area contributed by atoms with E-state index in [0.29, 0.717) is 22.3 Å². The number of hydrogen-bond donors (Lipinski definition) is 0. The predicted molar refractivity (Wildman–Crippen MR) is 120 cm³/mol. The number of sulfone groups is 1. The van der Waals surface area contributed by atoms with E-state index < -0.39 is 9.84 Å². The molecule has 1 amide bonds. The smallest absolute Gasteiger partial charge is 0.237 e. The standard InChI is InChI=1S/C21H20ClN3O3S2/c22-16-5-4-8-18(13-16)24-11-10-23-21(24)29-14-20(26)25(17-6-2-1-3-7-17)19-9-12-30(27,28)15-19/h1-8,10-11,13,19H,9,12,14-15H2. The first-order chi connectivity index (χ1) is 14.4. The minimum atomic E-state index is -3.12. The lowest BCUT2D eigenvalue weighted by Crippen LogP contribution is -2.42. The lowest BCUT2D eigenvalue weighted by molar-refractivity contribution is -0.116. The molecule has 6 nitrogen and oxygen atoms in total. The van der Waals surface area contributed by atoms with Crippen molar-refractivity contribution in [2.75, 3.05) is 22.2 Å². The van der Waals surface area contributed by atoms with E-state index in [4.69, 9.17) is 11.6 Å². The first-order valence-electron chi connectivity index (χ1n) is 9.42. The summed E-state index contributed by atoms with van der Waals surface area (Å²) in [6.45, 7) is 0. The summed E-state index contributed by atoms with van der Waals surface area (Å²) >= 11 is 7.41. The number of halogens is 1. The van der Waals surface area contributed by atoms with Crippen LogP contribution in [0.15, 0.2) is 72.1 Å². The Morgan fingerprint density at radius 1 is 1.20 bits per heavy atom. The van der Waals surface area contributed by atoms with Gasteiger partial charge in [0.05, 0.1) is 23.3 Å². The van der Waals surface area contributed by atoms with Crippen molar-refractivity contribution in [3.63, 3.8) is 0 Å². The number of hydrogen-bond acceptors (Lipinski definition) is 5. The van der Waals surface area contributed by atoms with Crippen molar-refractivity contribution in [1.82, 2.24) is 9.55 Å². The van der Waals surface area contributed by atoms with Crippen molar-refractivity contribution in [3.05, 3.63) is 72.0 Å². The summed E-state index contributed by atoms with van der Waals surface area (Å²) in [7, 11) is -3.12. The minimum Gasteiger partial charge on any atom is -0.308 e. The quantitative estimate of drug-likeness (QED) is 0.521. The second-order valence-electron chi connectivity index (χ2n) is 7.00. The van der Waals surface area contributed by atoms with Crippen LogP contribution in [0.1, 0.15) is 6.42 Å². The monoisotopic (exact) mass is 461 g/mol. The number of anilines is 1. The molecule has 1 unspecified atom stereocenters. The summed E-state index contributed by atoms with van der Waals surface area (Å²) in [4.78, 5) is 19.2. The zero-order valence-corrected chi connectivity index (χ0v) is 18.4. The fourth-order valence-electron chi connectivity index (χ4n) is 3.54. The summed E-state index contributed by atoms with van der Waals surface area (Å²) in [6.07, 6.45) is 3.94. The van der Waals surface area contributed by atoms with Gasteiger partial charge >= 0.3 is 0 Å².